The summed E-state index contributed by atoms with van der Waals surface area (Å²) in [6.07, 6.45) is 3.16. The van der Waals surface area contributed by atoms with Gasteiger partial charge in [-0.2, -0.15) is 0 Å². The highest BCUT2D eigenvalue weighted by Gasteiger charge is 2.40. The van der Waals surface area contributed by atoms with Gasteiger partial charge >= 0.3 is 0 Å². The molecule has 2 aromatic carbocycles. The average Bonchev–Trinajstić information content (AvgIpc) is 2.72. The fourth-order valence-electron chi connectivity index (χ4n) is 4.26. The van der Waals surface area contributed by atoms with Gasteiger partial charge in [-0.25, -0.2) is 4.39 Å². The van der Waals surface area contributed by atoms with Crippen molar-refractivity contribution in [2.75, 3.05) is 20.3 Å². The Balaban J connectivity index is 1.76. The predicted molar refractivity (Wildman–Crippen MR) is 111 cm³/mol. The smallest absolute Gasteiger partial charge is 0.127 e. The van der Waals surface area contributed by atoms with Gasteiger partial charge in [0.15, 0.2) is 0 Å². The maximum absolute atomic E-state index is 13.9. The van der Waals surface area contributed by atoms with Crippen LogP contribution >= 0.6 is 0 Å². The van der Waals surface area contributed by atoms with Gasteiger partial charge in [-0.05, 0) is 43.9 Å². The van der Waals surface area contributed by atoms with Crippen LogP contribution in [-0.4, -0.2) is 26.4 Å². The Morgan fingerprint density at radius 2 is 1.93 bits per heavy atom. The van der Waals surface area contributed by atoms with E-state index in [4.69, 9.17) is 9.47 Å². The first-order valence-electron chi connectivity index (χ1n) is 10.2. The largest absolute Gasteiger partial charge is 0.496 e. The molecule has 4 heteroatoms. The van der Waals surface area contributed by atoms with Gasteiger partial charge in [0.2, 0.25) is 0 Å². The van der Waals surface area contributed by atoms with Gasteiger partial charge < -0.3 is 14.8 Å². The van der Waals surface area contributed by atoms with E-state index in [1.54, 1.807) is 13.2 Å². The zero-order valence-electron chi connectivity index (χ0n) is 17.2. The minimum Gasteiger partial charge on any atom is -0.496 e. The van der Waals surface area contributed by atoms with Crippen molar-refractivity contribution in [2.24, 2.45) is 5.92 Å². The molecule has 0 spiro atoms. The Kier molecular flexibility index (Phi) is 7.08. The van der Waals surface area contributed by atoms with Crippen molar-refractivity contribution >= 4 is 0 Å². The van der Waals surface area contributed by atoms with Crippen molar-refractivity contribution in [3.8, 4) is 5.75 Å². The molecule has 0 radical (unpaired) electrons. The third kappa shape index (κ3) is 4.73. The van der Waals surface area contributed by atoms with Crippen LogP contribution in [0.3, 0.4) is 0 Å². The summed E-state index contributed by atoms with van der Waals surface area (Å²) in [4.78, 5) is 0. The molecule has 0 bridgehead atoms. The normalized spacial score (nSPS) is 22.4. The van der Waals surface area contributed by atoms with Gasteiger partial charge in [-0.1, -0.05) is 50.2 Å². The first kappa shape index (κ1) is 20.8. The molecule has 3 nitrogen and oxygen atoms in total. The molecule has 2 atom stereocenters. The van der Waals surface area contributed by atoms with Crippen LogP contribution in [0.5, 0.6) is 5.75 Å². The van der Waals surface area contributed by atoms with Gasteiger partial charge in [0.1, 0.15) is 11.6 Å². The zero-order valence-corrected chi connectivity index (χ0v) is 17.2. The van der Waals surface area contributed by atoms with E-state index in [0.29, 0.717) is 18.0 Å². The third-order valence-corrected chi connectivity index (χ3v) is 5.98. The lowest BCUT2D eigenvalue weighted by molar-refractivity contribution is -0.0473. The molecule has 1 aliphatic heterocycles. The Labute approximate surface area is 168 Å². The monoisotopic (exact) mass is 385 g/mol. The molecule has 2 aromatic rings. The van der Waals surface area contributed by atoms with Crippen molar-refractivity contribution in [1.29, 1.82) is 0 Å². The second-order valence-corrected chi connectivity index (χ2v) is 8.11. The molecule has 0 aliphatic carbocycles. The molecule has 3 rings (SSSR count). The lowest BCUT2D eigenvalue weighted by Crippen LogP contribution is -2.42. The van der Waals surface area contributed by atoms with Crippen molar-refractivity contribution in [3.05, 3.63) is 65.5 Å². The average molecular weight is 386 g/mol. The van der Waals surface area contributed by atoms with E-state index >= 15 is 0 Å². The van der Waals surface area contributed by atoms with E-state index in [1.807, 2.05) is 24.3 Å². The molecule has 1 saturated heterocycles. The predicted octanol–water partition coefficient (Wildman–Crippen LogP) is 5.09. The summed E-state index contributed by atoms with van der Waals surface area (Å²) in [5.41, 5.74) is 1.97. The molecule has 1 aliphatic rings. The van der Waals surface area contributed by atoms with Crippen LogP contribution in [0.4, 0.5) is 4.39 Å². The fourth-order valence-corrected chi connectivity index (χ4v) is 4.26. The summed E-state index contributed by atoms with van der Waals surface area (Å²) in [5, 5.41) is 3.44. The van der Waals surface area contributed by atoms with Crippen molar-refractivity contribution in [3.63, 3.8) is 0 Å². The van der Waals surface area contributed by atoms with Crippen LogP contribution in [0.2, 0.25) is 0 Å². The molecule has 28 heavy (non-hydrogen) atoms. The Morgan fingerprint density at radius 3 is 2.68 bits per heavy atom. The van der Waals surface area contributed by atoms with Crippen LogP contribution in [0.25, 0.3) is 0 Å². The SMILES string of the molecule is COc1ccccc1C1(CCNCc2ccccc2F)CCOC(C(C)C)C1. The topological polar surface area (TPSA) is 30.5 Å². The van der Waals surface area contributed by atoms with Crippen molar-refractivity contribution in [1.82, 2.24) is 5.32 Å². The number of ether oxygens (including phenoxy) is 2. The molecule has 1 N–H and O–H groups in total. The summed E-state index contributed by atoms with van der Waals surface area (Å²) < 4.78 is 25.6. The molecule has 1 fully saturated rings. The van der Waals surface area contributed by atoms with E-state index in [0.717, 1.165) is 38.2 Å². The van der Waals surface area contributed by atoms with Gasteiger partial charge in [-0.15, -0.1) is 0 Å². The van der Waals surface area contributed by atoms with Gasteiger partial charge in [0.05, 0.1) is 13.2 Å². The number of rotatable bonds is 8. The Morgan fingerprint density at radius 1 is 1.18 bits per heavy atom. The van der Waals surface area contributed by atoms with E-state index in [1.165, 1.54) is 11.6 Å². The van der Waals surface area contributed by atoms with Crippen LogP contribution in [0.1, 0.15) is 44.2 Å². The lowest BCUT2D eigenvalue weighted by Gasteiger charge is -2.43. The van der Waals surface area contributed by atoms with E-state index < -0.39 is 0 Å². The summed E-state index contributed by atoms with van der Waals surface area (Å²) in [6.45, 7) is 6.56. The van der Waals surface area contributed by atoms with Crippen LogP contribution < -0.4 is 10.1 Å². The number of halogens is 1. The van der Waals surface area contributed by atoms with Gasteiger partial charge in [0.25, 0.3) is 0 Å². The number of hydrogen-bond acceptors (Lipinski definition) is 3. The van der Waals surface area contributed by atoms with E-state index in [9.17, 15) is 4.39 Å². The summed E-state index contributed by atoms with van der Waals surface area (Å²) in [7, 11) is 1.74. The van der Waals surface area contributed by atoms with E-state index in [2.05, 4.69) is 31.3 Å². The minimum atomic E-state index is -0.152. The Bertz CT molecular complexity index is 764. The maximum Gasteiger partial charge on any atom is 0.127 e. The molecule has 0 amide bonds. The third-order valence-electron chi connectivity index (χ3n) is 5.98. The number of hydrogen-bond donors (Lipinski definition) is 1. The first-order valence-corrected chi connectivity index (χ1v) is 10.2. The molecule has 0 saturated carbocycles. The summed E-state index contributed by atoms with van der Waals surface area (Å²) in [5.74, 6) is 1.27. The van der Waals surface area contributed by atoms with Crippen molar-refractivity contribution in [2.45, 2.75) is 51.2 Å². The first-order chi connectivity index (χ1) is 13.6. The maximum atomic E-state index is 13.9. The number of nitrogens with one attached hydrogen (secondary N) is 1. The second-order valence-electron chi connectivity index (χ2n) is 8.11. The molecule has 2 unspecified atom stereocenters. The van der Waals surface area contributed by atoms with E-state index in [-0.39, 0.29) is 17.3 Å². The van der Waals surface area contributed by atoms with Crippen LogP contribution in [0.15, 0.2) is 48.5 Å². The molecule has 0 aromatic heterocycles. The number of benzene rings is 2. The lowest BCUT2D eigenvalue weighted by atomic mass is 9.68. The molecular formula is C24H32FNO2. The molecule has 152 valence electrons. The summed E-state index contributed by atoms with van der Waals surface area (Å²) in [6, 6.07) is 15.3. The Hall–Kier alpha value is -1.91. The number of para-hydroxylation sites is 1. The van der Waals surface area contributed by atoms with Crippen molar-refractivity contribution < 1.29 is 13.9 Å². The molecule has 1 heterocycles. The second kappa shape index (κ2) is 9.53. The van der Waals surface area contributed by atoms with Crippen LogP contribution in [-0.2, 0) is 16.7 Å². The van der Waals surface area contributed by atoms with Gasteiger partial charge in [0, 0.05) is 29.7 Å². The van der Waals surface area contributed by atoms with Gasteiger partial charge in [-0.3, -0.25) is 0 Å². The molecular weight excluding hydrogens is 353 g/mol. The minimum absolute atomic E-state index is 0.00201. The fraction of sp³-hybridized carbons (Fsp3) is 0.500. The number of methoxy groups -OCH3 is 1. The quantitative estimate of drug-likeness (QED) is 0.642. The standard InChI is InChI=1S/C24H32FNO2/c1-18(2)23-16-24(13-15-28-23,20-9-5-7-11-22(20)27-3)12-14-26-17-19-8-4-6-10-21(19)25/h4-11,18,23,26H,12-17H2,1-3H3. The highest BCUT2D eigenvalue weighted by atomic mass is 19.1. The van der Waals surface area contributed by atoms with Crippen LogP contribution in [0, 0.1) is 11.7 Å². The summed E-state index contributed by atoms with van der Waals surface area (Å²) >= 11 is 0. The zero-order chi connectivity index (χ0) is 20.0. The highest BCUT2D eigenvalue weighted by Crippen LogP contribution is 2.45. The highest BCUT2D eigenvalue weighted by molar-refractivity contribution is 5.40.